The van der Waals surface area contributed by atoms with Gasteiger partial charge in [-0.15, -0.1) is 0 Å². The molecular weight excluding hydrogens is 345 g/mol. The number of ether oxygens (including phenoxy) is 2. The van der Waals surface area contributed by atoms with Crippen molar-refractivity contribution in [1.29, 1.82) is 0 Å². The summed E-state index contributed by atoms with van der Waals surface area (Å²) in [5, 5.41) is 0. The van der Waals surface area contributed by atoms with E-state index in [9.17, 15) is 9.18 Å². The predicted octanol–water partition coefficient (Wildman–Crippen LogP) is 4.47. The van der Waals surface area contributed by atoms with Crippen LogP contribution in [-0.2, 0) is 9.47 Å². The standard InChI is InChI=1S/C22H24FNO3/c1-15-4-2-5-17(12-15)21(18-6-3-7-19(23)13-18)27-22(25)26-20-14-24-10-8-16(20)9-11-24/h2-7,12-13,16,20-21H,8-11,14H2,1H3/t20-,21?/m0/s1. The molecular formula is C22H24FNO3. The van der Waals surface area contributed by atoms with Crippen molar-refractivity contribution in [2.45, 2.75) is 32.0 Å². The summed E-state index contributed by atoms with van der Waals surface area (Å²) in [5.74, 6) is 0.0497. The lowest BCUT2D eigenvalue weighted by atomic mass is 9.86. The second-order valence-electron chi connectivity index (χ2n) is 7.51. The van der Waals surface area contributed by atoms with Crippen molar-refractivity contribution in [3.8, 4) is 0 Å². The molecule has 5 rings (SSSR count). The van der Waals surface area contributed by atoms with Crippen molar-refractivity contribution in [2.75, 3.05) is 19.6 Å². The van der Waals surface area contributed by atoms with Gasteiger partial charge in [0.2, 0.25) is 0 Å². The van der Waals surface area contributed by atoms with Gasteiger partial charge in [0.1, 0.15) is 11.9 Å². The average molecular weight is 369 g/mol. The Kier molecular flexibility index (Phi) is 5.12. The minimum absolute atomic E-state index is 0.120. The van der Waals surface area contributed by atoms with Crippen molar-refractivity contribution in [3.05, 3.63) is 71.0 Å². The Morgan fingerprint density at radius 1 is 1.11 bits per heavy atom. The molecule has 2 aromatic rings. The largest absolute Gasteiger partial charge is 0.509 e. The molecule has 2 aromatic carbocycles. The van der Waals surface area contributed by atoms with Gasteiger partial charge < -0.3 is 9.47 Å². The first-order valence-electron chi connectivity index (χ1n) is 9.50. The Balaban J connectivity index is 1.53. The highest BCUT2D eigenvalue weighted by molar-refractivity contribution is 5.61. The number of nitrogens with zero attached hydrogens (tertiary/aromatic N) is 1. The van der Waals surface area contributed by atoms with Crippen molar-refractivity contribution in [3.63, 3.8) is 0 Å². The molecule has 0 radical (unpaired) electrons. The number of fused-ring (bicyclic) bond motifs is 3. The number of halogens is 1. The molecule has 3 saturated heterocycles. The number of benzene rings is 2. The van der Waals surface area contributed by atoms with E-state index >= 15 is 0 Å². The first-order chi connectivity index (χ1) is 13.1. The van der Waals surface area contributed by atoms with E-state index in [1.54, 1.807) is 12.1 Å². The van der Waals surface area contributed by atoms with Gasteiger partial charge in [-0.25, -0.2) is 9.18 Å². The molecule has 0 saturated carbocycles. The molecule has 27 heavy (non-hydrogen) atoms. The van der Waals surface area contributed by atoms with Crippen molar-refractivity contribution >= 4 is 6.16 Å². The highest BCUT2D eigenvalue weighted by Crippen LogP contribution is 2.32. The van der Waals surface area contributed by atoms with Crippen LogP contribution in [0.3, 0.4) is 0 Å². The van der Waals surface area contributed by atoms with E-state index in [4.69, 9.17) is 9.47 Å². The van der Waals surface area contributed by atoms with Crippen LogP contribution in [0.15, 0.2) is 48.5 Å². The van der Waals surface area contributed by atoms with Gasteiger partial charge in [0.05, 0.1) is 0 Å². The number of hydrogen-bond donors (Lipinski definition) is 0. The minimum Gasteiger partial charge on any atom is -0.429 e. The molecule has 4 nitrogen and oxygen atoms in total. The van der Waals surface area contributed by atoms with Crippen LogP contribution in [-0.4, -0.2) is 36.8 Å². The second-order valence-corrected chi connectivity index (χ2v) is 7.51. The molecule has 3 heterocycles. The number of carbonyl (C=O) groups excluding carboxylic acids is 1. The third-order valence-electron chi connectivity index (χ3n) is 5.55. The number of aryl methyl sites for hydroxylation is 1. The van der Waals surface area contributed by atoms with Crippen LogP contribution in [0.1, 0.15) is 35.6 Å². The smallest absolute Gasteiger partial charge is 0.429 e. The average Bonchev–Trinajstić information content (AvgIpc) is 2.67. The maximum atomic E-state index is 13.8. The van der Waals surface area contributed by atoms with Crippen molar-refractivity contribution in [1.82, 2.24) is 4.90 Å². The van der Waals surface area contributed by atoms with E-state index < -0.39 is 12.3 Å². The maximum Gasteiger partial charge on any atom is 0.509 e. The van der Waals surface area contributed by atoms with E-state index in [0.717, 1.165) is 43.6 Å². The summed E-state index contributed by atoms with van der Waals surface area (Å²) in [6.45, 7) is 4.90. The van der Waals surface area contributed by atoms with E-state index in [-0.39, 0.29) is 11.9 Å². The molecule has 0 aliphatic carbocycles. The first-order valence-corrected chi connectivity index (χ1v) is 9.50. The van der Waals surface area contributed by atoms with Gasteiger partial charge in [0.25, 0.3) is 0 Å². The zero-order chi connectivity index (χ0) is 18.8. The van der Waals surface area contributed by atoms with Crippen molar-refractivity contribution in [2.24, 2.45) is 5.92 Å². The van der Waals surface area contributed by atoms with E-state index in [2.05, 4.69) is 4.90 Å². The third-order valence-corrected chi connectivity index (χ3v) is 5.55. The number of carbonyl (C=O) groups is 1. The van der Waals surface area contributed by atoms with Crippen LogP contribution in [0.25, 0.3) is 0 Å². The quantitative estimate of drug-likeness (QED) is 0.746. The molecule has 2 atom stereocenters. The summed E-state index contributed by atoms with van der Waals surface area (Å²) in [6, 6.07) is 13.8. The van der Waals surface area contributed by atoms with Crippen LogP contribution in [0.4, 0.5) is 9.18 Å². The third kappa shape index (κ3) is 4.14. The second kappa shape index (κ2) is 7.69. The minimum atomic E-state index is -0.700. The highest BCUT2D eigenvalue weighted by atomic mass is 19.1. The molecule has 142 valence electrons. The summed E-state index contributed by atoms with van der Waals surface area (Å²) >= 11 is 0. The molecule has 3 aliphatic rings. The molecule has 2 bridgehead atoms. The Hall–Kier alpha value is -2.40. The molecule has 3 aliphatic heterocycles. The Morgan fingerprint density at radius 2 is 1.81 bits per heavy atom. The maximum absolute atomic E-state index is 13.8. The van der Waals surface area contributed by atoms with Gasteiger partial charge in [-0.1, -0.05) is 42.0 Å². The summed E-state index contributed by atoms with van der Waals surface area (Å²) in [7, 11) is 0. The summed E-state index contributed by atoms with van der Waals surface area (Å²) in [6.07, 6.45) is 0.608. The van der Waals surface area contributed by atoms with E-state index in [0.29, 0.717) is 11.5 Å². The molecule has 3 fully saturated rings. The molecule has 5 heteroatoms. The lowest BCUT2D eigenvalue weighted by molar-refractivity contribution is -0.0642. The number of piperidine rings is 3. The summed E-state index contributed by atoms with van der Waals surface area (Å²) in [4.78, 5) is 14.9. The van der Waals surface area contributed by atoms with Crippen LogP contribution < -0.4 is 0 Å². The Labute approximate surface area is 158 Å². The Morgan fingerprint density at radius 3 is 2.44 bits per heavy atom. The number of rotatable bonds is 4. The van der Waals surface area contributed by atoms with Gasteiger partial charge in [0, 0.05) is 12.1 Å². The van der Waals surface area contributed by atoms with Gasteiger partial charge in [-0.3, -0.25) is 4.90 Å². The lowest BCUT2D eigenvalue weighted by Crippen LogP contribution is -2.52. The lowest BCUT2D eigenvalue weighted by Gasteiger charge is -2.43. The predicted molar refractivity (Wildman–Crippen MR) is 99.9 cm³/mol. The van der Waals surface area contributed by atoms with Crippen molar-refractivity contribution < 1.29 is 18.7 Å². The van der Waals surface area contributed by atoms with Crippen LogP contribution in [0.5, 0.6) is 0 Å². The van der Waals surface area contributed by atoms with E-state index in [1.807, 2.05) is 31.2 Å². The highest BCUT2D eigenvalue weighted by Gasteiger charge is 2.37. The first kappa shape index (κ1) is 18.0. The molecule has 0 amide bonds. The SMILES string of the molecule is Cc1cccc(C(OC(=O)O[C@H]2CN3CCC2CC3)c2cccc(F)c2)c1. The Bertz CT molecular complexity index is 771. The van der Waals surface area contributed by atoms with Gasteiger partial charge in [-0.05, 0) is 56.5 Å². The summed E-state index contributed by atoms with van der Waals surface area (Å²) < 4.78 is 25.1. The molecule has 0 spiro atoms. The van der Waals surface area contributed by atoms with Crippen LogP contribution in [0.2, 0.25) is 0 Å². The fourth-order valence-electron chi connectivity index (χ4n) is 4.12. The zero-order valence-electron chi connectivity index (χ0n) is 15.4. The summed E-state index contributed by atoms with van der Waals surface area (Å²) in [5.41, 5.74) is 2.43. The van der Waals surface area contributed by atoms with Crippen LogP contribution >= 0.6 is 0 Å². The van der Waals surface area contributed by atoms with Gasteiger partial charge >= 0.3 is 6.16 Å². The fraction of sp³-hybridized carbons (Fsp3) is 0.409. The van der Waals surface area contributed by atoms with Crippen LogP contribution in [0, 0.1) is 18.7 Å². The monoisotopic (exact) mass is 369 g/mol. The fourth-order valence-corrected chi connectivity index (χ4v) is 4.12. The molecule has 0 N–H and O–H groups in total. The molecule has 0 aromatic heterocycles. The zero-order valence-corrected chi connectivity index (χ0v) is 15.4. The van der Waals surface area contributed by atoms with Gasteiger partial charge in [0.15, 0.2) is 6.10 Å². The topological polar surface area (TPSA) is 38.8 Å². The number of hydrogen-bond acceptors (Lipinski definition) is 4. The molecule has 1 unspecified atom stereocenters. The normalized spacial score (nSPS) is 25.0. The van der Waals surface area contributed by atoms with Gasteiger partial charge in [-0.2, -0.15) is 0 Å². The van der Waals surface area contributed by atoms with E-state index in [1.165, 1.54) is 12.1 Å².